The summed E-state index contributed by atoms with van der Waals surface area (Å²) in [6, 6.07) is 1.35. The zero-order valence-electron chi connectivity index (χ0n) is 13.5. The summed E-state index contributed by atoms with van der Waals surface area (Å²) in [5.74, 6) is 3.43. The van der Waals surface area contributed by atoms with Gasteiger partial charge in [0.25, 0.3) is 0 Å². The lowest BCUT2D eigenvalue weighted by Gasteiger charge is -2.36. The third-order valence-electron chi connectivity index (χ3n) is 4.33. The van der Waals surface area contributed by atoms with Crippen LogP contribution in [-0.4, -0.2) is 48.1 Å². The second-order valence-electron chi connectivity index (χ2n) is 6.02. The predicted molar refractivity (Wildman–Crippen MR) is 89.1 cm³/mol. The summed E-state index contributed by atoms with van der Waals surface area (Å²) in [6.07, 6.45) is 5.36. The lowest BCUT2D eigenvalue weighted by Crippen LogP contribution is -2.45. The average molecular weight is 287 g/mol. The molecule has 2 nitrogen and oxygen atoms in total. The maximum absolute atomic E-state index is 3.82. The zero-order chi connectivity index (χ0) is 14.1. The van der Waals surface area contributed by atoms with Gasteiger partial charge >= 0.3 is 0 Å². The van der Waals surface area contributed by atoms with E-state index in [1.54, 1.807) is 0 Å². The van der Waals surface area contributed by atoms with Gasteiger partial charge in [-0.2, -0.15) is 11.8 Å². The lowest BCUT2D eigenvalue weighted by atomic mass is 9.90. The van der Waals surface area contributed by atoms with Crippen molar-refractivity contribution in [1.82, 2.24) is 10.2 Å². The Bertz CT molecular complexity index is 215. The lowest BCUT2D eigenvalue weighted by molar-refractivity contribution is 0.159. The predicted octanol–water partition coefficient (Wildman–Crippen LogP) is 3.62. The molecule has 1 heterocycles. The Morgan fingerprint density at radius 3 is 2.47 bits per heavy atom. The minimum atomic E-state index is 0.669. The van der Waals surface area contributed by atoms with E-state index in [-0.39, 0.29) is 0 Å². The van der Waals surface area contributed by atoms with Crippen LogP contribution in [0.2, 0.25) is 0 Å². The number of nitrogens with zero attached hydrogens (tertiary/aromatic N) is 1. The summed E-state index contributed by atoms with van der Waals surface area (Å²) in [7, 11) is 0. The molecular weight excluding hydrogens is 252 g/mol. The molecule has 3 heteroatoms. The molecule has 0 amide bonds. The average Bonchev–Trinajstić information content (AvgIpc) is 2.40. The summed E-state index contributed by atoms with van der Waals surface area (Å²) >= 11 is 2.06. The quantitative estimate of drug-likeness (QED) is 0.652. The van der Waals surface area contributed by atoms with Gasteiger partial charge < -0.3 is 10.2 Å². The highest BCUT2D eigenvalue weighted by atomic mass is 32.2. The third-order valence-corrected chi connectivity index (χ3v) is 5.26. The minimum absolute atomic E-state index is 0.669. The van der Waals surface area contributed by atoms with Crippen molar-refractivity contribution in [3.8, 4) is 0 Å². The van der Waals surface area contributed by atoms with Gasteiger partial charge in [-0.3, -0.25) is 0 Å². The number of thioether (sulfide) groups is 1. The third kappa shape index (κ3) is 7.01. The van der Waals surface area contributed by atoms with Gasteiger partial charge in [0, 0.05) is 12.1 Å². The van der Waals surface area contributed by atoms with E-state index in [4.69, 9.17) is 0 Å². The molecule has 0 aliphatic carbocycles. The molecule has 1 saturated heterocycles. The Morgan fingerprint density at radius 1 is 1.21 bits per heavy atom. The van der Waals surface area contributed by atoms with Crippen molar-refractivity contribution in [2.75, 3.05) is 31.1 Å². The van der Waals surface area contributed by atoms with Gasteiger partial charge in [-0.1, -0.05) is 13.8 Å². The molecule has 2 atom stereocenters. The second kappa shape index (κ2) is 10.1. The van der Waals surface area contributed by atoms with Crippen LogP contribution < -0.4 is 5.32 Å². The number of rotatable bonds is 9. The van der Waals surface area contributed by atoms with E-state index in [0.29, 0.717) is 12.1 Å². The van der Waals surface area contributed by atoms with E-state index in [0.717, 1.165) is 5.92 Å². The Hall–Kier alpha value is 0.270. The van der Waals surface area contributed by atoms with Crippen molar-refractivity contribution < 1.29 is 0 Å². The molecule has 1 fully saturated rings. The van der Waals surface area contributed by atoms with Gasteiger partial charge in [0.2, 0.25) is 0 Å². The molecule has 114 valence electrons. The van der Waals surface area contributed by atoms with Gasteiger partial charge in [-0.15, -0.1) is 0 Å². The molecule has 1 aliphatic rings. The molecule has 1 rings (SSSR count). The van der Waals surface area contributed by atoms with Crippen LogP contribution in [0.5, 0.6) is 0 Å². The molecule has 0 aromatic heterocycles. The molecule has 0 aromatic carbocycles. The fraction of sp³-hybridized carbons (Fsp3) is 1.00. The van der Waals surface area contributed by atoms with Crippen LogP contribution in [0.25, 0.3) is 0 Å². The van der Waals surface area contributed by atoms with E-state index >= 15 is 0 Å². The maximum Gasteiger partial charge on any atom is 0.00704 e. The summed E-state index contributed by atoms with van der Waals surface area (Å²) in [4.78, 5) is 2.63. The number of hydrogen-bond acceptors (Lipinski definition) is 3. The van der Waals surface area contributed by atoms with E-state index in [2.05, 4.69) is 49.7 Å². The van der Waals surface area contributed by atoms with Crippen LogP contribution in [0.1, 0.15) is 53.4 Å². The standard InChI is InChI=1S/C16H34N2S/c1-5-10-18-11-7-16(8-12-18)15(4)17-14(3)9-13-19-6-2/h14-17H,5-13H2,1-4H3. The first-order chi connectivity index (χ1) is 9.17. The molecule has 0 radical (unpaired) electrons. The van der Waals surface area contributed by atoms with E-state index in [1.807, 2.05) is 0 Å². The highest BCUT2D eigenvalue weighted by molar-refractivity contribution is 7.99. The zero-order valence-corrected chi connectivity index (χ0v) is 14.3. The van der Waals surface area contributed by atoms with E-state index in [1.165, 1.54) is 56.8 Å². The van der Waals surface area contributed by atoms with Crippen molar-refractivity contribution >= 4 is 11.8 Å². The van der Waals surface area contributed by atoms with Crippen LogP contribution in [0, 0.1) is 5.92 Å². The minimum Gasteiger partial charge on any atom is -0.311 e. The first kappa shape index (κ1) is 17.3. The summed E-state index contributed by atoms with van der Waals surface area (Å²) in [5, 5.41) is 3.82. The molecule has 1 N–H and O–H groups in total. The molecule has 0 aromatic rings. The Balaban J connectivity index is 2.17. The number of nitrogens with one attached hydrogen (secondary N) is 1. The Morgan fingerprint density at radius 2 is 1.89 bits per heavy atom. The maximum atomic E-state index is 3.82. The van der Waals surface area contributed by atoms with Gasteiger partial charge in [0.15, 0.2) is 0 Å². The fourth-order valence-electron chi connectivity index (χ4n) is 3.07. The van der Waals surface area contributed by atoms with Crippen molar-refractivity contribution in [3.05, 3.63) is 0 Å². The summed E-state index contributed by atoms with van der Waals surface area (Å²) < 4.78 is 0. The smallest absolute Gasteiger partial charge is 0.00704 e. The van der Waals surface area contributed by atoms with Crippen LogP contribution in [0.3, 0.4) is 0 Å². The monoisotopic (exact) mass is 286 g/mol. The Labute approximate surface area is 125 Å². The first-order valence-electron chi connectivity index (χ1n) is 8.23. The molecule has 0 bridgehead atoms. The molecule has 1 aliphatic heterocycles. The van der Waals surface area contributed by atoms with E-state index in [9.17, 15) is 0 Å². The number of likely N-dealkylation sites (tertiary alicyclic amines) is 1. The second-order valence-corrected chi connectivity index (χ2v) is 7.41. The van der Waals surface area contributed by atoms with Gasteiger partial charge in [0.1, 0.15) is 0 Å². The SMILES string of the molecule is CCCN1CCC(C(C)NC(C)CCSCC)CC1. The van der Waals surface area contributed by atoms with E-state index < -0.39 is 0 Å². The van der Waals surface area contributed by atoms with Crippen LogP contribution >= 0.6 is 11.8 Å². The molecule has 0 spiro atoms. The van der Waals surface area contributed by atoms with Crippen LogP contribution in [-0.2, 0) is 0 Å². The highest BCUT2D eigenvalue weighted by Crippen LogP contribution is 2.21. The molecule has 2 unspecified atom stereocenters. The summed E-state index contributed by atoms with van der Waals surface area (Å²) in [6.45, 7) is 13.2. The van der Waals surface area contributed by atoms with Crippen LogP contribution in [0.4, 0.5) is 0 Å². The van der Waals surface area contributed by atoms with Gasteiger partial charge in [-0.05, 0) is 76.6 Å². The molecular formula is C16H34N2S. The number of hydrogen-bond donors (Lipinski definition) is 1. The van der Waals surface area contributed by atoms with Crippen LogP contribution in [0.15, 0.2) is 0 Å². The van der Waals surface area contributed by atoms with Gasteiger partial charge in [-0.25, -0.2) is 0 Å². The molecule has 19 heavy (non-hydrogen) atoms. The summed E-state index contributed by atoms with van der Waals surface area (Å²) in [5.41, 5.74) is 0. The van der Waals surface area contributed by atoms with Crippen molar-refractivity contribution in [2.45, 2.75) is 65.5 Å². The Kier molecular flexibility index (Phi) is 9.17. The van der Waals surface area contributed by atoms with Crippen molar-refractivity contribution in [2.24, 2.45) is 5.92 Å². The first-order valence-corrected chi connectivity index (χ1v) is 9.39. The van der Waals surface area contributed by atoms with Gasteiger partial charge in [0.05, 0.1) is 0 Å². The normalized spacial score (nSPS) is 21.5. The topological polar surface area (TPSA) is 15.3 Å². The number of piperidine rings is 1. The molecule has 0 saturated carbocycles. The van der Waals surface area contributed by atoms with Crippen molar-refractivity contribution in [1.29, 1.82) is 0 Å². The largest absolute Gasteiger partial charge is 0.311 e. The highest BCUT2D eigenvalue weighted by Gasteiger charge is 2.23. The van der Waals surface area contributed by atoms with Crippen molar-refractivity contribution in [3.63, 3.8) is 0 Å². The fourth-order valence-corrected chi connectivity index (χ4v) is 3.87.